The van der Waals surface area contributed by atoms with E-state index in [4.69, 9.17) is 4.74 Å². The van der Waals surface area contributed by atoms with Crippen LogP contribution in [0.1, 0.15) is 5.56 Å². The van der Waals surface area contributed by atoms with Gasteiger partial charge in [-0.25, -0.2) is 0 Å². The van der Waals surface area contributed by atoms with Gasteiger partial charge in [0, 0.05) is 0 Å². The number of methoxy groups -OCH3 is 1. The molecular weight excluding hydrogens is 163 g/mol. The van der Waals surface area contributed by atoms with Gasteiger partial charge in [0.15, 0.2) is 0 Å². The number of benzene rings is 1. The van der Waals surface area contributed by atoms with Crippen LogP contribution in [-0.4, -0.2) is 58.5 Å². The van der Waals surface area contributed by atoms with Crippen LogP contribution in [0.5, 0.6) is 5.75 Å². The first-order chi connectivity index (χ1) is 4.86. The fourth-order valence-corrected chi connectivity index (χ4v) is 0.740. The third-order valence-corrected chi connectivity index (χ3v) is 1.35. The quantitative estimate of drug-likeness (QED) is 0.620. The van der Waals surface area contributed by atoms with E-state index in [2.05, 4.69) is 6.58 Å². The summed E-state index contributed by atoms with van der Waals surface area (Å²) in [5.41, 5.74) is 1.11. The SMILES string of the molecule is C=Cc1ccc(OC)cc1.[KH]. The summed E-state index contributed by atoms with van der Waals surface area (Å²) in [4.78, 5) is 0. The van der Waals surface area contributed by atoms with Gasteiger partial charge in [-0.2, -0.15) is 0 Å². The van der Waals surface area contributed by atoms with Crippen molar-refractivity contribution in [1.82, 2.24) is 0 Å². The van der Waals surface area contributed by atoms with Crippen molar-refractivity contribution in [3.63, 3.8) is 0 Å². The van der Waals surface area contributed by atoms with Gasteiger partial charge in [0.25, 0.3) is 0 Å². The molecule has 0 amide bonds. The standard InChI is InChI=1S/C9H10O.K.H/c1-3-8-4-6-9(10-2)7-5-8;;/h3-7H,1H2,2H3;;. The summed E-state index contributed by atoms with van der Waals surface area (Å²) < 4.78 is 4.98. The molecule has 0 spiro atoms. The molecule has 0 saturated heterocycles. The Hall–Kier alpha value is 0.396. The van der Waals surface area contributed by atoms with Gasteiger partial charge in [0.05, 0.1) is 7.11 Å². The fraction of sp³-hybridized carbons (Fsp3) is 0.111. The molecule has 0 aliphatic rings. The van der Waals surface area contributed by atoms with Crippen LogP contribution in [0.15, 0.2) is 30.8 Å². The second-order valence-electron chi connectivity index (χ2n) is 1.98. The Morgan fingerprint density at radius 1 is 1.27 bits per heavy atom. The Morgan fingerprint density at radius 2 is 1.82 bits per heavy atom. The maximum atomic E-state index is 4.98. The van der Waals surface area contributed by atoms with Gasteiger partial charge in [-0.05, 0) is 17.7 Å². The van der Waals surface area contributed by atoms with Gasteiger partial charge >= 0.3 is 51.4 Å². The van der Waals surface area contributed by atoms with Crippen LogP contribution in [0, 0.1) is 0 Å². The van der Waals surface area contributed by atoms with Crippen molar-refractivity contribution < 1.29 is 4.74 Å². The molecule has 2 heteroatoms. The Balaban J connectivity index is 0.000001000. The molecule has 0 heterocycles. The topological polar surface area (TPSA) is 9.23 Å². The fourth-order valence-electron chi connectivity index (χ4n) is 0.740. The molecule has 0 N–H and O–H groups in total. The van der Waals surface area contributed by atoms with Crippen LogP contribution < -0.4 is 4.74 Å². The summed E-state index contributed by atoms with van der Waals surface area (Å²) in [6.45, 7) is 3.65. The van der Waals surface area contributed by atoms with Crippen molar-refractivity contribution in [3.8, 4) is 5.75 Å². The second-order valence-corrected chi connectivity index (χ2v) is 1.98. The van der Waals surface area contributed by atoms with Gasteiger partial charge < -0.3 is 4.74 Å². The molecule has 0 aliphatic heterocycles. The van der Waals surface area contributed by atoms with E-state index < -0.39 is 0 Å². The third-order valence-electron chi connectivity index (χ3n) is 1.35. The maximum absolute atomic E-state index is 4.98. The zero-order valence-corrected chi connectivity index (χ0v) is 6.00. The molecule has 0 saturated carbocycles. The van der Waals surface area contributed by atoms with E-state index in [1.807, 2.05) is 24.3 Å². The summed E-state index contributed by atoms with van der Waals surface area (Å²) in [5, 5.41) is 0. The molecule has 0 radical (unpaired) electrons. The molecular formula is C9H11KO. The first-order valence-electron chi connectivity index (χ1n) is 3.13. The molecule has 0 aromatic heterocycles. The summed E-state index contributed by atoms with van der Waals surface area (Å²) in [5.74, 6) is 0.880. The van der Waals surface area contributed by atoms with Crippen LogP contribution in [0.4, 0.5) is 0 Å². The number of rotatable bonds is 2. The third kappa shape index (κ3) is 3.54. The summed E-state index contributed by atoms with van der Waals surface area (Å²) >= 11 is 0. The average molecular weight is 174 g/mol. The van der Waals surface area contributed by atoms with E-state index in [1.54, 1.807) is 13.2 Å². The molecule has 1 nitrogen and oxygen atoms in total. The van der Waals surface area contributed by atoms with E-state index >= 15 is 0 Å². The van der Waals surface area contributed by atoms with Crippen molar-refractivity contribution in [2.75, 3.05) is 7.11 Å². The minimum absolute atomic E-state index is 0. The number of hydrogen-bond acceptors (Lipinski definition) is 1. The second kappa shape index (κ2) is 5.97. The summed E-state index contributed by atoms with van der Waals surface area (Å²) in [6, 6.07) is 7.76. The van der Waals surface area contributed by atoms with Crippen LogP contribution in [-0.2, 0) is 0 Å². The summed E-state index contributed by atoms with van der Waals surface area (Å²) in [7, 11) is 1.66. The molecule has 11 heavy (non-hydrogen) atoms. The Labute approximate surface area is 110 Å². The first kappa shape index (κ1) is 11.4. The zero-order valence-electron chi connectivity index (χ0n) is 6.00. The van der Waals surface area contributed by atoms with Gasteiger partial charge in [-0.3, -0.25) is 0 Å². The molecule has 1 aromatic carbocycles. The predicted octanol–water partition coefficient (Wildman–Crippen LogP) is 1.69. The van der Waals surface area contributed by atoms with Gasteiger partial charge in [-0.15, -0.1) is 0 Å². The van der Waals surface area contributed by atoms with Crippen LogP contribution in [0.3, 0.4) is 0 Å². The molecule has 0 fully saturated rings. The van der Waals surface area contributed by atoms with Crippen LogP contribution in [0.25, 0.3) is 6.08 Å². The van der Waals surface area contributed by atoms with Crippen LogP contribution >= 0.6 is 0 Å². The predicted molar refractivity (Wildman–Crippen MR) is 50.2 cm³/mol. The molecule has 0 atom stereocenters. The van der Waals surface area contributed by atoms with Gasteiger partial charge in [0.1, 0.15) is 5.75 Å². The monoisotopic (exact) mass is 174 g/mol. The Morgan fingerprint density at radius 3 is 2.18 bits per heavy atom. The molecule has 0 bridgehead atoms. The van der Waals surface area contributed by atoms with Gasteiger partial charge in [-0.1, -0.05) is 24.8 Å². The van der Waals surface area contributed by atoms with Crippen molar-refractivity contribution in [3.05, 3.63) is 36.4 Å². The van der Waals surface area contributed by atoms with E-state index in [-0.39, 0.29) is 51.4 Å². The van der Waals surface area contributed by atoms with Crippen LogP contribution in [0.2, 0.25) is 0 Å². The van der Waals surface area contributed by atoms with Crippen molar-refractivity contribution >= 4 is 57.5 Å². The Bertz CT molecular complexity index is 216. The van der Waals surface area contributed by atoms with Crippen molar-refractivity contribution in [2.45, 2.75) is 0 Å². The zero-order chi connectivity index (χ0) is 7.40. The molecule has 0 aliphatic carbocycles. The van der Waals surface area contributed by atoms with Crippen molar-refractivity contribution in [1.29, 1.82) is 0 Å². The molecule has 0 unspecified atom stereocenters. The number of hydrogen-bond donors (Lipinski definition) is 0. The van der Waals surface area contributed by atoms with E-state index in [1.165, 1.54) is 0 Å². The normalized spacial score (nSPS) is 8.09. The van der Waals surface area contributed by atoms with E-state index in [0.717, 1.165) is 11.3 Å². The molecule has 1 aromatic rings. The number of ether oxygens (including phenoxy) is 1. The average Bonchev–Trinajstić information content (AvgIpc) is 2.05. The van der Waals surface area contributed by atoms with Gasteiger partial charge in [0.2, 0.25) is 0 Å². The van der Waals surface area contributed by atoms with E-state index in [9.17, 15) is 0 Å². The van der Waals surface area contributed by atoms with E-state index in [0.29, 0.717) is 0 Å². The first-order valence-corrected chi connectivity index (χ1v) is 3.13. The molecule has 54 valence electrons. The molecule has 1 rings (SSSR count). The Kier molecular flexibility index (Phi) is 6.19. The summed E-state index contributed by atoms with van der Waals surface area (Å²) in [6.07, 6.45) is 1.80. The van der Waals surface area contributed by atoms with Crippen molar-refractivity contribution in [2.24, 2.45) is 0 Å². The minimum atomic E-state index is 0.